The molecule has 1 saturated carbocycles. The Morgan fingerprint density at radius 2 is 1.82 bits per heavy atom. The summed E-state index contributed by atoms with van der Waals surface area (Å²) in [4.78, 5) is 37.2. The number of aryl methyl sites for hydroxylation is 2. The summed E-state index contributed by atoms with van der Waals surface area (Å²) in [7, 11) is 0. The molecule has 1 aromatic rings. The Morgan fingerprint density at radius 3 is 2.36 bits per heavy atom. The third-order valence-corrected chi connectivity index (χ3v) is 4.77. The van der Waals surface area contributed by atoms with Gasteiger partial charge < -0.3 is 5.32 Å². The molecule has 1 N–H and O–H groups in total. The first kappa shape index (κ1) is 21.7. The average molecular weight is 393 g/mol. The lowest BCUT2D eigenvalue weighted by Crippen LogP contribution is -2.30. The Bertz CT molecular complexity index is 839. The van der Waals surface area contributed by atoms with Crippen LogP contribution in [0.15, 0.2) is 12.1 Å². The molecule has 7 heteroatoms. The van der Waals surface area contributed by atoms with Gasteiger partial charge in [-0.15, -0.1) is 5.92 Å². The van der Waals surface area contributed by atoms with Crippen molar-refractivity contribution in [2.24, 2.45) is 5.92 Å². The molecule has 1 amide bonds. The highest BCUT2D eigenvalue weighted by atomic mass is 19.4. The molecule has 0 bridgehead atoms. The Kier molecular flexibility index (Phi) is 6.65. The molecule has 2 rings (SSSR count). The number of Topliss-reactive ketones (excluding diaryl/α,β-unsaturated/α-hetero) is 2. The first-order valence-electron chi connectivity index (χ1n) is 8.97. The lowest BCUT2D eigenvalue weighted by molar-refractivity contribution is -0.136. The second kappa shape index (κ2) is 8.59. The zero-order valence-corrected chi connectivity index (χ0v) is 16.0. The molecule has 0 radical (unpaired) electrons. The molecule has 150 valence electrons. The molecule has 2 atom stereocenters. The minimum absolute atomic E-state index is 0.0778. The molecule has 0 aliphatic heterocycles. The first-order chi connectivity index (χ1) is 13.0. The number of rotatable bonds is 5. The normalized spacial score (nSPS) is 19.4. The van der Waals surface area contributed by atoms with Crippen molar-refractivity contribution in [1.82, 2.24) is 5.32 Å². The van der Waals surface area contributed by atoms with Crippen LogP contribution in [0.5, 0.6) is 0 Å². The Balaban J connectivity index is 2.11. The molecule has 0 aromatic heterocycles. The maximum absolute atomic E-state index is 12.8. The molecule has 1 aliphatic rings. The molecule has 1 aliphatic carbocycles. The van der Waals surface area contributed by atoms with Crippen molar-refractivity contribution >= 4 is 17.5 Å². The predicted octanol–water partition coefficient (Wildman–Crippen LogP) is 3.38. The number of ketones is 2. The summed E-state index contributed by atoms with van der Waals surface area (Å²) in [6, 6.07) is 3.63. The highest BCUT2D eigenvalue weighted by molar-refractivity contribution is 6.15. The van der Waals surface area contributed by atoms with E-state index in [0.29, 0.717) is 5.56 Å². The average Bonchev–Trinajstić information content (AvgIpc) is 2.81. The summed E-state index contributed by atoms with van der Waals surface area (Å²) >= 11 is 0. The van der Waals surface area contributed by atoms with E-state index in [2.05, 4.69) is 17.2 Å². The van der Waals surface area contributed by atoms with Crippen LogP contribution in [0.3, 0.4) is 0 Å². The van der Waals surface area contributed by atoms with Crippen LogP contribution in [0, 0.1) is 31.6 Å². The standard InChI is InChI=1S/C21H22F3NO3/c1-4-5-14-8-12(2)18(13(3)9-14)19-16(26)10-15(20(19)28)11-17(27)25-7-6-21(22,23)24/h8-9,15,19H,6-7,10-11H2,1-3H3,(H,25,27). The number of hydrogen-bond acceptors (Lipinski definition) is 3. The largest absolute Gasteiger partial charge is 0.390 e. The van der Waals surface area contributed by atoms with Crippen molar-refractivity contribution in [2.45, 2.75) is 52.1 Å². The van der Waals surface area contributed by atoms with Gasteiger partial charge in [-0.3, -0.25) is 14.4 Å². The molecule has 2 unspecified atom stereocenters. The molecule has 28 heavy (non-hydrogen) atoms. The fourth-order valence-electron chi connectivity index (χ4n) is 3.62. The van der Waals surface area contributed by atoms with Crippen molar-refractivity contribution in [2.75, 3.05) is 6.54 Å². The number of hydrogen-bond donors (Lipinski definition) is 1. The summed E-state index contributed by atoms with van der Waals surface area (Å²) in [6.07, 6.45) is -5.85. The van der Waals surface area contributed by atoms with Gasteiger partial charge in [-0.1, -0.05) is 5.92 Å². The van der Waals surface area contributed by atoms with Gasteiger partial charge in [0, 0.05) is 30.9 Å². The summed E-state index contributed by atoms with van der Waals surface area (Å²) in [5, 5.41) is 2.16. The SMILES string of the molecule is CC#Cc1cc(C)c(C2C(=O)CC(CC(=O)NCCC(F)(F)F)C2=O)c(C)c1. The minimum atomic E-state index is -4.36. The molecule has 1 fully saturated rings. The zero-order valence-electron chi connectivity index (χ0n) is 16.0. The van der Waals surface area contributed by atoms with E-state index in [-0.39, 0.29) is 24.4 Å². The summed E-state index contributed by atoms with van der Waals surface area (Å²) in [5.41, 5.74) is 2.98. The molecular weight excluding hydrogens is 371 g/mol. The number of carbonyl (C=O) groups is 3. The monoisotopic (exact) mass is 393 g/mol. The summed E-state index contributed by atoms with van der Waals surface area (Å²) < 4.78 is 36.5. The van der Waals surface area contributed by atoms with Gasteiger partial charge in [0.1, 0.15) is 11.7 Å². The molecule has 1 aromatic carbocycles. The van der Waals surface area contributed by atoms with E-state index < -0.39 is 36.9 Å². The van der Waals surface area contributed by atoms with E-state index in [9.17, 15) is 27.6 Å². The van der Waals surface area contributed by atoms with Crippen LogP contribution in [0.1, 0.15) is 54.4 Å². The van der Waals surface area contributed by atoms with Crippen LogP contribution in [0.25, 0.3) is 0 Å². The highest BCUT2D eigenvalue weighted by Gasteiger charge is 2.43. The number of halogens is 3. The van der Waals surface area contributed by atoms with Gasteiger partial charge in [-0.2, -0.15) is 13.2 Å². The van der Waals surface area contributed by atoms with Crippen LogP contribution < -0.4 is 5.32 Å². The van der Waals surface area contributed by atoms with E-state index in [1.54, 1.807) is 20.8 Å². The minimum Gasteiger partial charge on any atom is -0.356 e. The van der Waals surface area contributed by atoms with Crippen molar-refractivity contribution in [3.63, 3.8) is 0 Å². The van der Waals surface area contributed by atoms with Gasteiger partial charge in [-0.05, 0) is 49.6 Å². The maximum Gasteiger partial charge on any atom is 0.390 e. The van der Waals surface area contributed by atoms with E-state index in [4.69, 9.17) is 0 Å². The summed E-state index contributed by atoms with van der Waals surface area (Å²) in [5.74, 6) is 2.73. The van der Waals surface area contributed by atoms with E-state index in [0.717, 1.165) is 16.7 Å². The lowest BCUT2D eigenvalue weighted by atomic mass is 9.86. The fraction of sp³-hybridized carbons (Fsp3) is 0.476. The van der Waals surface area contributed by atoms with Gasteiger partial charge in [0.05, 0.1) is 6.42 Å². The molecular formula is C21H22F3NO3. The highest BCUT2D eigenvalue weighted by Crippen LogP contribution is 2.37. The van der Waals surface area contributed by atoms with Gasteiger partial charge in [0.2, 0.25) is 5.91 Å². The Hall–Kier alpha value is -2.62. The van der Waals surface area contributed by atoms with E-state index in [1.807, 2.05) is 12.1 Å². The lowest BCUT2D eigenvalue weighted by Gasteiger charge is -2.16. The topological polar surface area (TPSA) is 63.2 Å². The Morgan fingerprint density at radius 1 is 1.21 bits per heavy atom. The van der Waals surface area contributed by atoms with Crippen molar-refractivity contribution in [1.29, 1.82) is 0 Å². The van der Waals surface area contributed by atoms with Crippen LogP contribution >= 0.6 is 0 Å². The van der Waals surface area contributed by atoms with Crippen LogP contribution in [-0.2, 0) is 14.4 Å². The molecule has 0 heterocycles. The second-order valence-corrected chi connectivity index (χ2v) is 7.02. The van der Waals surface area contributed by atoms with E-state index in [1.165, 1.54) is 0 Å². The van der Waals surface area contributed by atoms with E-state index >= 15 is 0 Å². The first-order valence-corrected chi connectivity index (χ1v) is 8.97. The van der Waals surface area contributed by atoms with Gasteiger partial charge in [0.25, 0.3) is 0 Å². The maximum atomic E-state index is 12.8. The third kappa shape index (κ3) is 5.22. The molecule has 0 saturated heterocycles. The van der Waals surface area contributed by atoms with Crippen LogP contribution in [0.4, 0.5) is 13.2 Å². The fourth-order valence-corrected chi connectivity index (χ4v) is 3.62. The zero-order chi connectivity index (χ0) is 21.1. The molecule has 4 nitrogen and oxygen atoms in total. The third-order valence-electron chi connectivity index (χ3n) is 4.77. The second-order valence-electron chi connectivity index (χ2n) is 7.02. The van der Waals surface area contributed by atoms with Gasteiger partial charge >= 0.3 is 6.18 Å². The number of carbonyl (C=O) groups excluding carboxylic acids is 3. The quantitative estimate of drug-likeness (QED) is 0.616. The van der Waals surface area contributed by atoms with Crippen molar-refractivity contribution < 1.29 is 27.6 Å². The predicted molar refractivity (Wildman–Crippen MR) is 97.6 cm³/mol. The van der Waals surface area contributed by atoms with Gasteiger partial charge in [0.15, 0.2) is 5.78 Å². The van der Waals surface area contributed by atoms with Crippen LogP contribution in [0.2, 0.25) is 0 Å². The summed E-state index contributed by atoms with van der Waals surface area (Å²) in [6.45, 7) is 4.79. The smallest absolute Gasteiger partial charge is 0.356 e. The number of alkyl halides is 3. The van der Waals surface area contributed by atoms with Crippen molar-refractivity contribution in [3.8, 4) is 11.8 Å². The van der Waals surface area contributed by atoms with Crippen LogP contribution in [-0.4, -0.2) is 30.2 Å². The number of amides is 1. The Labute approximate surface area is 161 Å². The van der Waals surface area contributed by atoms with Crippen molar-refractivity contribution in [3.05, 3.63) is 34.4 Å². The number of benzene rings is 1. The molecule has 0 spiro atoms. The van der Waals surface area contributed by atoms with Gasteiger partial charge in [-0.25, -0.2) is 0 Å². The number of nitrogens with one attached hydrogen (secondary N) is 1.